The van der Waals surface area contributed by atoms with E-state index in [0.717, 1.165) is 5.56 Å². The third kappa shape index (κ3) is 2.81. The summed E-state index contributed by atoms with van der Waals surface area (Å²) in [6.07, 6.45) is 1.42. The van der Waals surface area contributed by atoms with Crippen LogP contribution in [0.2, 0.25) is 0 Å². The molecule has 0 saturated heterocycles. The number of hydrogen-bond donors (Lipinski definition) is 1. The lowest BCUT2D eigenvalue weighted by molar-refractivity contribution is 0.0661. The van der Waals surface area contributed by atoms with Crippen molar-refractivity contribution in [2.75, 3.05) is 0 Å². The van der Waals surface area contributed by atoms with E-state index in [0.29, 0.717) is 11.0 Å². The van der Waals surface area contributed by atoms with Gasteiger partial charge in [-0.15, -0.1) is 0 Å². The molecule has 0 aliphatic heterocycles. The van der Waals surface area contributed by atoms with E-state index >= 15 is 0 Å². The number of carbonyl (C=O) groups is 1. The summed E-state index contributed by atoms with van der Waals surface area (Å²) >= 11 is 1.70. The Morgan fingerprint density at radius 2 is 2.38 bits per heavy atom. The molecule has 0 bridgehead atoms. The van der Waals surface area contributed by atoms with Crippen molar-refractivity contribution in [1.82, 2.24) is 0 Å². The molecule has 1 heterocycles. The van der Waals surface area contributed by atoms with Gasteiger partial charge in [-0.2, -0.15) is 11.8 Å². The lowest BCUT2D eigenvalue weighted by atomic mass is 10.3. The van der Waals surface area contributed by atoms with Crippen LogP contribution in [0.25, 0.3) is 0 Å². The van der Waals surface area contributed by atoms with Crippen molar-refractivity contribution in [3.63, 3.8) is 0 Å². The van der Waals surface area contributed by atoms with Crippen molar-refractivity contribution >= 4 is 17.7 Å². The molecule has 0 spiro atoms. The fourth-order valence-electron chi connectivity index (χ4n) is 0.893. The molecule has 0 radical (unpaired) electrons. The molecule has 1 rings (SSSR count). The number of furan rings is 1. The van der Waals surface area contributed by atoms with E-state index in [1.165, 1.54) is 6.26 Å². The van der Waals surface area contributed by atoms with Crippen LogP contribution in [0, 0.1) is 0 Å². The first-order chi connectivity index (χ1) is 6.11. The molecular weight excluding hydrogens is 188 g/mol. The Morgan fingerprint density at radius 1 is 1.69 bits per heavy atom. The monoisotopic (exact) mass is 200 g/mol. The maximum absolute atomic E-state index is 10.6. The highest BCUT2D eigenvalue weighted by Crippen LogP contribution is 2.20. The first-order valence-electron chi connectivity index (χ1n) is 4.02. The average molecular weight is 200 g/mol. The molecule has 4 heteroatoms. The van der Waals surface area contributed by atoms with Gasteiger partial charge in [-0.3, -0.25) is 0 Å². The van der Waals surface area contributed by atoms with Gasteiger partial charge in [-0.25, -0.2) is 4.79 Å². The van der Waals surface area contributed by atoms with Crippen molar-refractivity contribution in [2.24, 2.45) is 0 Å². The largest absolute Gasteiger partial charge is 0.475 e. The summed E-state index contributed by atoms with van der Waals surface area (Å²) in [5, 5.41) is 9.21. The fraction of sp³-hybridized carbons (Fsp3) is 0.444. The predicted octanol–water partition coefficient (Wildman–Crippen LogP) is 2.62. The summed E-state index contributed by atoms with van der Waals surface area (Å²) in [6, 6.07) is 1.71. The van der Waals surface area contributed by atoms with E-state index in [4.69, 9.17) is 9.52 Å². The summed E-state index contributed by atoms with van der Waals surface area (Å²) in [5.41, 5.74) is 0.756. The first-order valence-corrected chi connectivity index (χ1v) is 5.07. The van der Waals surface area contributed by atoms with E-state index in [2.05, 4.69) is 13.8 Å². The van der Waals surface area contributed by atoms with Gasteiger partial charge < -0.3 is 9.52 Å². The summed E-state index contributed by atoms with van der Waals surface area (Å²) in [4.78, 5) is 10.6. The highest BCUT2D eigenvalue weighted by Gasteiger charge is 2.13. The van der Waals surface area contributed by atoms with E-state index < -0.39 is 5.97 Å². The van der Waals surface area contributed by atoms with Gasteiger partial charge in [-0.1, -0.05) is 13.8 Å². The van der Waals surface area contributed by atoms with Crippen LogP contribution in [0.4, 0.5) is 0 Å². The minimum absolute atomic E-state index is 0.0631. The third-order valence-electron chi connectivity index (χ3n) is 1.51. The van der Waals surface area contributed by atoms with E-state index in [1.54, 1.807) is 17.8 Å². The molecule has 0 unspecified atom stereocenters. The molecule has 1 aromatic heterocycles. The molecular formula is C9H12O3S. The van der Waals surface area contributed by atoms with Gasteiger partial charge in [0.05, 0.1) is 6.26 Å². The van der Waals surface area contributed by atoms with Crippen molar-refractivity contribution < 1.29 is 14.3 Å². The highest BCUT2D eigenvalue weighted by atomic mass is 32.2. The molecule has 1 aromatic rings. The van der Waals surface area contributed by atoms with Crippen LogP contribution in [0.3, 0.4) is 0 Å². The molecule has 0 amide bonds. The van der Waals surface area contributed by atoms with Gasteiger partial charge in [0, 0.05) is 11.3 Å². The summed E-state index contributed by atoms with van der Waals surface area (Å²) in [5.74, 6) is -0.243. The molecule has 0 aromatic carbocycles. The average Bonchev–Trinajstić information content (AvgIpc) is 2.47. The Labute approximate surface area is 81.1 Å². The number of carboxylic acids is 1. The Balaban J connectivity index is 2.65. The molecule has 0 fully saturated rings. The van der Waals surface area contributed by atoms with Gasteiger partial charge >= 0.3 is 5.97 Å². The normalized spacial score (nSPS) is 10.7. The van der Waals surface area contributed by atoms with Crippen LogP contribution in [0.5, 0.6) is 0 Å². The number of carboxylic acid groups (broad SMARTS) is 1. The van der Waals surface area contributed by atoms with Gasteiger partial charge in [0.1, 0.15) is 0 Å². The second-order valence-electron chi connectivity index (χ2n) is 2.94. The smallest absolute Gasteiger partial charge is 0.372 e. The van der Waals surface area contributed by atoms with Gasteiger partial charge in [0.2, 0.25) is 5.76 Å². The summed E-state index contributed by atoms with van der Waals surface area (Å²) in [6.45, 7) is 4.15. The van der Waals surface area contributed by atoms with Crippen molar-refractivity contribution in [3.05, 3.63) is 23.7 Å². The Morgan fingerprint density at radius 3 is 2.92 bits per heavy atom. The van der Waals surface area contributed by atoms with Crippen LogP contribution in [0.15, 0.2) is 16.7 Å². The zero-order valence-corrected chi connectivity index (χ0v) is 8.43. The maximum atomic E-state index is 10.6. The van der Waals surface area contributed by atoms with Crippen LogP contribution in [0.1, 0.15) is 30.0 Å². The van der Waals surface area contributed by atoms with Crippen LogP contribution in [-0.4, -0.2) is 16.3 Å². The topological polar surface area (TPSA) is 50.4 Å². The molecule has 0 aliphatic carbocycles. The molecule has 3 nitrogen and oxygen atoms in total. The minimum Gasteiger partial charge on any atom is -0.475 e. The third-order valence-corrected chi connectivity index (χ3v) is 2.66. The Bertz CT molecular complexity index is 291. The number of aromatic carboxylic acids is 1. The second kappa shape index (κ2) is 4.37. The lowest BCUT2D eigenvalue weighted by Gasteiger charge is -2.02. The van der Waals surface area contributed by atoms with Crippen LogP contribution >= 0.6 is 11.8 Å². The van der Waals surface area contributed by atoms with E-state index in [1.807, 2.05) is 0 Å². The van der Waals surface area contributed by atoms with E-state index in [-0.39, 0.29) is 5.76 Å². The summed E-state index contributed by atoms with van der Waals surface area (Å²) in [7, 11) is 0. The first kappa shape index (κ1) is 10.2. The fourth-order valence-corrected chi connectivity index (χ4v) is 1.63. The standard InChI is InChI=1S/C9H12O3S/c1-6(2)13-5-7-3-4-12-8(7)9(10)11/h3-4,6H,5H2,1-2H3,(H,10,11). The zero-order chi connectivity index (χ0) is 9.84. The summed E-state index contributed by atoms with van der Waals surface area (Å²) < 4.78 is 4.85. The van der Waals surface area contributed by atoms with Gasteiger partial charge in [0.25, 0.3) is 0 Å². The lowest BCUT2D eigenvalue weighted by Crippen LogP contribution is -1.98. The van der Waals surface area contributed by atoms with Crippen molar-refractivity contribution in [2.45, 2.75) is 24.9 Å². The molecule has 13 heavy (non-hydrogen) atoms. The number of hydrogen-bond acceptors (Lipinski definition) is 3. The molecule has 0 saturated carbocycles. The number of rotatable bonds is 4. The molecule has 0 atom stereocenters. The SMILES string of the molecule is CC(C)SCc1ccoc1C(=O)O. The van der Waals surface area contributed by atoms with Crippen molar-refractivity contribution in [1.29, 1.82) is 0 Å². The maximum Gasteiger partial charge on any atom is 0.372 e. The Hall–Kier alpha value is -0.900. The second-order valence-corrected chi connectivity index (χ2v) is 4.50. The number of thioether (sulfide) groups is 1. The minimum atomic E-state index is -0.996. The quantitative estimate of drug-likeness (QED) is 0.811. The van der Waals surface area contributed by atoms with Crippen LogP contribution < -0.4 is 0 Å². The Kier molecular flexibility index (Phi) is 3.42. The molecule has 0 aliphatic rings. The molecule has 72 valence electrons. The predicted molar refractivity (Wildman–Crippen MR) is 52.1 cm³/mol. The van der Waals surface area contributed by atoms with E-state index in [9.17, 15) is 4.79 Å². The molecule has 1 N–H and O–H groups in total. The van der Waals surface area contributed by atoms with Crippen molar-refractivity contribution in [3.8, 4) is 0 Å². The van der Waals surface area contributed by atoms with Crippen LogP contribution in [-0.2, 0) is 5.75 Å². The van der Waals surface area contributed by atoms with Gasteiger partial charge in [0.15, 0.2) is 0 Å². The zero-order valence-electron chi connectivity index (χ0n) is 7.61. The van der Waals surface area contributed by atoms with Gasteiger partial charge in [-0.05, 0) is 11.3 Å². The highest BCUT2D eigenvalue weighted by molar-refractivity contribution is 7.99.